The number of hydrogen-bond donors (Lipinski definition) is 3. The molecule has 120 valence electrons. The maximum absolute atomic E-state index is 12.2. The molecule has 1 aliphatic rings. The van der Waals surface area contributed by atoms with E-state index in [9.17, 15) is 9.59 Å². The lowest BCUT2D eigenvalue weighted by atomic mass is 10.4. The van der Waals surface area contributed by atoms with Crippen molar-refractivity contribution in [2.45, 2.75) is 0 Å². The lowest BCUT2D eigenvalue weighted by Gasteiger charge is -2.25. The second kappa shape index (κ2) is 7.09. The molecule has 1 aliphatic heterocycles. The van der Waals surface area contributed by atoms with E-state index in [4.69, 9.17) is 0 Å². The van der Waals surface area contributed by atoms with Gasteiger partial charge in [-0.3, -0.25) is 9.59 Å². The van der Waals surface area contributed by atoms with E-state index < -0.39 is 0 Å². The van der Waals surface area contributed by atoms with Crippen LogP contribution in [0.3, 0.4) is 0 Å². The number of H-pyrrole nitrogens is 1. The maximum Gasteiger partial charge on any atom is 0.259 e. The van der Waals surface area contributed by atoms with Crippen molar-refractivity contribution in [1.29, 1.82) is 0 Å². The number of rotatable bonds is 6. The summed E-state index contributed by atoms with van der Waals surface area (Å²) in [4.78, 5) is 40.4. The number of carbonyl (C=O) groups excluding carboxylic acids is 2. The number of nitrogens with zero attached hydrogens (tertiary/aromatic N) is 4. The molecule has 0 spiro atoms. The first-order valence-electron chi connectivity index (χ1n) is 7.00. The summed E-state index contributed by atoms with van der Waals surface area (Å²) in [5.74, 6) is 1.30. The fraction of sp³-hybridized carbons (Fsp3) is 0.308. The Balaban J connectivity index is 1.75. The van der Waals surface area contributed by atoms with E-state index in [0.717, 1.165) is 17.8 Å². The molecule has 0 aliphatic carbocycles. The molecule has 2 aromatic heterocycles. The lowest BCUT2D eigenvalue weighted by Crippen LogP contribution is -2.34. The molecule has 3 rings (SSSR count). The van der Waals surface area contributed by atoms with Crippen molar-refractivity contribution in [3.63, 3.8) is 0 Å². The van der Waals surface area contributed by atoms with Crippen LogP contribution >= 0.6 is 11.8 Å². The minimum atomic E-state index is -0.165. The highest BCUT2D eigenvalue weighted by molar-refractivity contribution is 8.04. The third kappa shape index (κ3) is 3.42. The number of nitrogens with one attached hydrogen (secondary N) is 3. The van der Waals surface area contributed by atoms with Crippen LogP contribution in [0.25, 0.3) is 11.2 Å². The maximum atomic E-state index is 12.2. The Morgan fingerprint density at radius 2 is 2.30 bits per heavy atom. The third-order valence-corrected chi connectivity index (χ3v) is 4.19. The van der Waals surface area contributed by atoms with Gasteiger partial charge in [-0.2, -0.15) is 0 Å². The standard InChI is InChI=1S/C13H15N7O2S/c21-8-14-1-2-15-13(22)9-5-20(3-4-23-9)12-10-11(17-6-16-10)18-7-19-12/h5-8H,1-4H2,(H,14,21)(H,15,22)(H,16,17,18,19). The molecule has 0 saturated heterocycles. The van der Waals surface area contributed by atoms with Crippen molar-refractivity contribution in [1.82, 2.24) is 30.6 Å². The van der Waals surface area contributed by atoms with E-state index in [0.29, 0.717) is 35.9 Å². The zero-order valence-corrected chi connectivity index (χ0v) is 13.0. The van der Waals surface area contributed by atoms with E-state index in [2.05, 4.69) is 30.6 Å². The summed E-state index contributed by atoms with van der Waals surface area (Å²) < 4.78 is 0. The van der Waals surface area contributed by atoms with Gasteiger partial charge < -0.3 is 20.5 Å². The summed E-state index contributed by atoms with van der Waals surface area (Å²) in [6.45, 7) is 1.52. The Labute approximate surface area is 136 Å². The Hall–Kier alpha value is -2.62. The lowest BCUT2D eigenvalue weighted by molar-refractivity contribution is -0.117. The minimum Gasteiger partial charge on any atom is -0.357 e. The van der Waals surface area contributed by atoms with Crippen LogP contribution in [0.1, 0.15) is 0 Å². The predicted octanol–water partition coefficient (Wildman–Crippen LogP) is -0.390. The molecule has 0 bridgehead atoms. The number of aromatic amines is 1. The van der Waals surface area contributed by atoms with Gasteiger partial charge in [0.05, 0.1) is 11.2 Å². The second-order valence-electron chi connectivity index (χ2n) is 4.66. The van der Waals surface area contributed by atoms with Gasteiger partial charge in [0.15, 0.2) is 11.5 Å². The van der Waals surface area contributed by atoms with Crippen molar-refractivity contribution in [3.8, 4) is 0 Å². The molecule has 0 atom stereocenters. The summed E-state index contributed by atoms with van der Waals surface area (Å²) in [5, 5.41) is 5.26. The number of hydrogen-bond acceptors (Lipinski definition) is 7. The van der Waals surface area contributed by atoms with E-state index in [1.165, 1.54) is 18.1 Å². The van der Waals surface area contributed by atoms with Crippen LogP contribution in [0.5, 0.6) is 0 Å². The highest BCUT2D eigenvalue weighted by Crippen LogP contribution is 2.27. The van der Waals surface area contributed by atoms with Gasteiger partial charge in [-0.15, -0.1) is 11.8 Å². The predicted molar refractivity (Wildman–Crippen MR) is 86.6 cm³/mol. The van der Waals surface area contributed by atoms with Crippen molar-refractivity contribution in [2.24, 2.45) is 0 Å². The van der Waals surface area contributed by atoms with Crippen LogP contribution in [0.2, 0.25) is 0 Å². The van der Waals surface area contributed by atoms with Crippen LogP contribution in [0, 0.1) is 0 Å². The van der Waals surface area contributed by atoms with Gasteiger partial charge in [0.25, 0.3) is 5.91 Å². The monoisotopic (exact) mass is 333 g/mol. The first-order valence-corrected chi connectivity index (χ1v) is 7.98. The average Bonchev–Trinajstić information content (AvgIpc) is 3.07. The van der Waals surface area contributed by atoms with Crippen molar-refractivity contribution < 1.29 is 9.59 Å². The van der Waals surface area contributed by atoms with Gasteiger partial charge >= 0.3 is 0 Å². The normalized spacial score (nSPS) is 14.4. The first-order chi connectivity index (χ1) is 11.3. The zero-order valence-electron chi connectivity index (χ0n) is 12.2. The third-order valence-electron chi connectivity index (χ3n) is 3.20. The average molecular weight is 333 g/mol. The highest BCUT2D eigenvalue weighted by Gasteiger charge is 2.20. The van der Waals surface area contributed by atoms with Crippen molar-refractivity contribution in [2.75, 3.05) is 30.3 Å². The summed E-state index contributed by atoms with van der Waals surface area (Å²) in [6.07, 6.45) is 5.41. The molecule has 23 heavy (non-hydrogen) atoms. The zero-order chi connectivity index (χ0) is 16.1. The highest BCUT2D eigenvalue weighted by atomic mass is 32.2. The minimum absolute atomic E-state index is 0.165. The van der Waals surface area contributed by atoms with Crippen LogP contribution < -0.4 is 15.5 Å². The first kappa shape index (κ1) is 15.3. The number of fused-ring (bicyclic) bond motifs is 1. The molecular weight excluding hydrogens is 318 g/mol. The smallest absolute Gasteiger partial charge is 0.259 e. The van der Waals surface area contributed by atoms with Gasteiger partial charge in [-0.1, -0.05) is 0 Å². The molecule has 3 N–H and O–H groups in total. The number of carbonyl (C=O) groups is 2. The second-order valence-corrected chi connectivity index (χ2v) is 5.80. The summed E-state index contributed by atoms with van der Waals surface area (Å²) in [7, 11) is 0. The van der Waals surface area contributed by atoms with Crippen molar-refractivity contribution in [3.05, 3.63) is 23.8 Å². The van der Waals surface area contributed by atoms with Crippen LogP contribution in [-0.2, 0) is 9.59 Å². The fourth-order valence-corrected chi connectivity index (χ4v) is 3.07. The largest absolute Gasteiger partial charge is 0.357 e. The van der Waals surface area contributed by atoms with Crippen molar-refractivity contribution >= 4 is 41.1 Å². The van der Waals surface area contributed by atoms with Crippen LogP contribution in [0.15, 0.2) is 23.8 Å². The van der Waals surface area contributed by atoms with Crippen LogP contribution in [-0.4, -0.2) is 57.6 Å². The molecule has 0 unspecified atom stereocenters. The Bertz CT molecular complexity index is 745. The number of imidazole rings is 1. The van der Waals surface area contributed by atoms with Crippen LogP contribution in [0.4, 0.5) is 5.82 Å². The van der Waals surface area contributed by atoms with E-state index in [1.54, 1.807) is 12.5 Å². The molecule has 9 nitrogen and oxygen atoms in total. The van der Waals surface area contributed by atoms with Gasteiger partial charge in [-0.05, 0) is 0 Å². The number of anilines is 1. The molecule has 0 saturated carbocycles. The molecular formula is C13H15N7O2S. The quantitative estimate of drug-likeness (QED) is 0.487. The Kier molecular flexibility index (Phi) is 4.71. The van der Waals surface area contributed by atoms with E-state index in [-0.39, 0.29) is 5.91 Å². The topological polar surface area (TPSA) is 116 Å². The number of amides is 2. The summed E-state index contributed by atoms with van der Waals surface area (Å²) in [6, 6.07) is 0. The molecule has 0 radical (unpaired) electrons. The molecule has 10 heteroatoms. The fourth-order valence-electron chi connectivity index (χ4n) is 2.15. The Morgan fingerprint density at radius 1 is 1.39 bits per heavy atom. The Morgan fingerprint density at radius 3 is 3.17 bits per heavy atom. The van der Waals surface area contributed by atoms with Gasteiger partial charge in [0, 0.05) is 31.6 Å². The number of thioether (sulfide) groups is 1. The molecule has 2 amide bonds. The molecule has 2 aromatic rings. The number of aromatic nitrogens is 4. The summed E-state index contributed by atoms with van der Waals surface area (Å²) >= 11 is 1.49. The van der Waals surface area contributed by atoms with E-state index in [1.807, 2.05) is 4.90 Å². The van der Waals surface area contributed by atoms with Gasteiger partial charge in [0.2, 0.25) is 6.41 Å². The van der Waals surface area contributed by atoms with E-state index >= 15 is 0 Å². The molecule has 0 aromatic carbocycles. The SMILES string of the molecule is O=CNCCNC(=O)C1=CN(c2ncnc3nc[nH]c23)CCS1. The van der Waals surface area contributed by atoms with Gasteiger partial charge in [-0.25, -0.2) is 15.0 Å². The molecule has 0 fully saturated rings. The summed E-state index contributed by atoms with van der Waals surface area (Å²) in [5.41, 5.74) is 1.33. The van der Waals surface area contributed by atoms with Gasteiger partial charge in [0.1, 0.15) is 11.8 Å². The molecule has 3 heterocycles.